The molecule has 1 aliphatic heterocycles. The van der Waals surface area contributed by atoms with Crippen molar-refractivity contribution in [3.05, 3.63) is 15.9 Å². The van der Waals surface area contributed by atoms with Crippen LogP contribution in [-0.4, -0.2) is 39.0 Å². The number of anilines is 1. The van der Waals surface area contributed by atoms with Gasteiger partial charge >= 0.3 is 4.87 Å². The Morgan fingerprint density at radius 3 is 3.22 bits per heavy atom. The van der Waals surface area contributed by atoms with E-state index in [9.17, 15) is 4.79 Å². The molecule has 3 N–H and O–H groups in total. The quantitative estimate of drug-likeness (QED) is 0.779. The molecule has 3 rings (SSSR count). The minimum absolute atomic E-state index is 0.0373. The number of hydrogen-bond donors (Lipinski definition) is 2. The van der Waals surface area contributed by atoms with Crippen LogP contribution in [0.15, 0.2) is 11.0 Å². The second-order valence-electron chi connectivity index (χ2n) is 4.18. The highest BCUT2D eigenvalue weighted by Gasteiger charge is 2.29. The first kappa shape index (κ1) is 11.6. The van der Waals surface area contributed by atoms with Gasteiger partial charge in [0.05, 0.1) is 36.3 Å². The molecule has 0 aromatic carbocycles. The van der Waals surface area contributed by atoms with Crippen LogP contribution in [0, 0.1) is 0 Å². The molecular weight excluding hydrogens is 256 g/mol. The van der Waals surface area contributed by atoms with Gasteiger partial charge in [-0.1, -0.05) is 11.3 Å². The molecule has 7 nitrogen and oxygen atoms in total. The van der Waals surface area contributed by atoms with Crippen molar-refractivity contribution in [2.75, 3.05) is 18.9 Å². The average molecular weight is 268 g/mol. The minimum Gasteiger partial charge on any atom is -0.394 e. The lowest BCUT2D eigenvalue weighted by Gasteiger charge is -2.09. The Balaban J connectivity index is 2.08. The van der Waals surface area contributed by atoms with E-state index in [0.717, 1.165) is 11.3 Å². The highest BCUT2D eigenvalue weighted by Crippen LogP contribution is 2.27. The molecule has 1 unspecified atom stereocenters. The molecule has 1 aliphatic rings. The van der Waals surface area contributed by atoms with Crippen LogP contribution in [-0.2, 0) is 4.74 Å². The summed E-state index contributed by atoms with van der Waals surface area (Å²) in [6.07, 6.45) is 1.95. The lowest BCUT2D eigenvalue weighted by molar-refractivity contribution is 0.0575. The van der Waals surface area contributed by atoms with Gasteiger partial charge < -0.3 is 15.6 Å². The number of nitrogen functional groups attached to an aromatic ring is 1. The van der Waals surface area contributed by atoms with Crippen molar-refractivity contribution in [2.24, 2.45) is 0 Å². The van der Waals surface area contributed by atoms with Crippen LogP contribution in [0.3, 0.4) is 0 Å². The summed E-state index contributed by atoms with van der Waals surface area (Å²) >= 11 is 1.09. The first-order chi connectivity index (χ1) is 8.69. The largest absolute Gasteiger partial charge is 0.394 e. The molecule has 2 atom stereocenters. The van der Waals surface area contributed by atoms with Crippen LogP contribution >= 0.6 is 11.3 Å². The average Bonchev–Trinajstić information content (AvgIpc) is 2.92. The summed E-state index contributed by atoms with van der Waals surface area (Å²) in [6, 6.07) is -0.0994. The van der Waals surface area contributed by atoms with Crippen LogP contribution in [0.1, 0.15) is 12.5 Å². The van der Waals surface area contributed by atoms with E-state index in [1.54, 1.807) is 10.8 Å². The number of thiazole rings is 1. The first-order valence-electron chi connectivity index (χ1n) is 5.55. The second-order valence-corrected chi connectivity index (χ2v) is 5.17. The maximum atomic E-state index is 12.0. The summed E-state index contributed by atoms with van der Waals surface area (Å²) in [6.45, 7) is 0.366. The van der Waals surface area contributed by atoms with Crippen molar-refractivity contribution >= 4 is 27.6 Å². The van der Waals surface area contributed by atoms with E-state index in [1.165, 1.54) is 0 Å². The molecule has 18 heavy (non-hydrogen) atoms. The lowest BCUT2D eigenvalue weighted by atomic mass is 10.2. The number of hydrogen-bond acceptors (Lipinski definition) is 7. The van der Waals surface area contributed by atoms with Gasteiger partial charge in [-0.3, -0.25) is 9.36 Å². The van der Waals surface area contributed by atoms with Crippen LogP contribution in [0.25, 0.3) is 10.3 Å². The fourth-order valence-electron chi connectivity index (χ4n) is 2.17. The molecule has 1 saturated heterocycles. The van der Waals surface area contributed by atoms with Gasteiger partial charge in [-0.15, -0.1) is 0 Å². The van der Waals surface area contributed by atoms with Crippen molar-refractivity contribution in [3.63, 3.8) is 0 Å². The van der Waals surface area contributed by atoms with E-state index in [1.807, 2.05) is 0 Å². The lowest BCUT2D eigenvalue weighted by Crippen LogP contribution is -2.21. The fraction of sp³-hybridized carbons (Fsp3) is 0.500. The fourth-order valence-corrected chi connectivity index (χ4v) is 3.03. The topological polar surface area (TPSA) is 103 Å². The Kier molecular flexibility index (Phi) is 2.77. The monoisotopic (exact) mass is 268 g/mol. The van der Waals surface area contributed by atoms with Gasteiger partial charge in [-0.2, -0.15) is 4.98 Å². The number of aromatic nitrogens is 3. The van der Waals surface area contributed by atoms with E-state index < -0.39 is 0 Å². The zero-order chi connectivity index (χ0) is 12.7. The third-order valence-electron chi connectivity index (χ3n) is 3.01. The Hall–Kier alpha value is -1.51. The number of nitrogens with zero attached hydrogens (tertiary/aromatic N) is 3. The Morgan fingerprint density at radius 1 is 1.67 bits per heavy atom. The van der Waals surface area contributed by atoms with E-state index >= 15 is 0 Å². The Labute approximate surface area is 106 Å². The van der Waals surface area contributed by atoms with Gasteiger partial charge in [0.2, 0.25) is 5.95 Å². The third kappa shape index (κ3) is 1.78. The summed E-state index contributed by atoms with van der Waals surface area (Å²) in [4.78, 5) is 19.9. The molecule has 0 amide bonds. The highest BCUT2D eigenvalue weighted by molar-refractivity contribution is 7.16. The maximum absolute atomic E-state index is 12.0. The molecular formula is C10H12N4O3S. The van der Waals surface area contributed by atoms with E-state index in [-0.39, 0.29) is 29.6 Å². The molecule has 8 heteroatoms. The molecule has 0 radical (unpaired) electrons. The Bertz CT molecular complexity index is 638. The number of aliphatic hydroxyl groups is 1. The Morgan fingerprint density at radius 2 is 2.50 bits per heavy atom. The molecule has 2 aromatic heterocycles. The summed E-state index contributed by atoms with van der Waals surface area (Å²) in [5.41, 5.74) is 6.10. The van der Waals surface area contributed by atoms with Crippen LogP contribution in [0.2, 0.25) is 0 Å². The number of ether oxygens (including phenoxy) is 1. The summed E-state index contributed by atoms with van der Waals surface area (Å²) in [7, 11) is 0. The van der Waals surface area contributed by atoms with Gasteiger partial charge in [0.25, 0.3) is 0 Å². The van der Waals surface area contributed by atoms with E-state index in [4.69, 9.17) is 15.6 Å². The molecule has 3 heterocycles. The smallest absolute Gasteiger partial charge is 0.309 e. The molecule has 0 aliphatic carbocycles. The first-order valence-corrected chi connectivity index (χ1v) is 6.36. The van der Waals surface area contributed by atoms with Crippen molar-refractivity contribution < 1.29 is 9.84 Å². The van der Waals surface area contributed by atoms with Crippen molar-refractivity contribution in [1.82, 2.24) is 14.5 Å². The molecule has 0 spiro atoms. The molecule has 0 saturated carbocycles. The van der Waals surface area contributed by atoms with Gasteiger partial charge in [0.1, 0.15) is 0 Å². The molecule has 2 aromatic rings. The van der Waals surface area contributed by atoms with E-state index in [2.05, 4.69) is 9.97 Å². The molecule has 0 bridgehead atoms. The van der Waals surface area contributed by atoms with Crippen LogP contribution in [0.4, 0.5) is 5.95 Å². The van der Waals surface area contributed by atoms with Crippen LogP contribution in [0.5, 0.6) is 0 Å². The number of fused-ring (bicyclic) bond motifs is 1. The zero-order valence-electron chi connectivity index (χ0n) is 9.44. The standard InChI is InChI=1S/C10H12N4O3S/c11-9-12-2-7-8(13-9)14(10(16)18-7)5-1-6(3-15)17-4-5/h2,5-6,15H,1,3-4H2,(H2,11,12,13)/t5?,6-/m0/s1. The number of aliphatic hydroxyl groups excluding tert-OH is 1. The van der Waals surface area contributed by atoms with E-state index in [0.29, 0.717) is 23.4 Å². The van der Waals surface area contributed by atoms with Crippen LogP contribution < -0.4 is 10.6 Å². The predicted octanol–water partition coefficient (Wildman–Crippen LogP) is -0.243. The van der Waals surface area contributed by atoms with Crippen molar-refractivity contribution in [1.29, 1.82) is 0 Å². The van der Waals surface area contributed by atoms with Gasteiger partial charge in [0.15, 0.2) is 5.65 Å². The summed E-state index contributed by atoms with van der Waals surface area (Å²) < 4.78 is 7.69. The van der Waals surface area contributed by atoms with Gasteiger partial charge in [-0.05, 0) is 6.42 Å². The summed E-state index contributed by atoms with van der Waals surface area (Å²) in [5.74, 6) is 0.145. The summed E-state index contributed by atoms with van der Waals surface area (Å²) in [5, 5.41) is 9.05. The number of nitrogens with two attached hydrogens (primary N) is 1. The number of rotatable bonds is 2. The third-order valence-corrected chi connectivity index (χ3v) is 3.88. The zero-order valence-corrected chi connectivity index (χ0v) is 10.3. The second kappa shape index (κ2) is 4.30. The predicted molar refractivity (Wildman–Crippen MR) is 66.6 cm³/mol. The molecule has 96 valence electrons. The SMILES string of the molecule is Nc1ncc2sc(=O)n(C3CO[C@H](CO)C3)c2n1. The maximum Gasteiger partial charge on any atom is 0.309 e. The van der Waals surface area contributed by atoms with Gasteiger partial charge in [-0.25, -0.2) is 4.98 Å². The van der Waals surface area contributed by atoms with Crippen molar-refractivity contribution in [2.45, 2.75) is 18.6 Å². The molecule has 1 fully saturated rings. The minimum atomic E-state index is -0.212. The van der Waals surface area contributed by atoms with Gasteiger partial charge in [0, 0.05) is 0 Å². The normalized spacial score (nSPS) is 23.8. The highest BCUT2D eigenvalue weighted by atomic mass is 32.1. The van der Waals surface area contributed by atoms with Crippen molar-refractivity contribution in [3.8, 4) is 0 Å².